The summed E-state index contributed by atoms with van der Waals surface area (Å²) in [5, 5.41) is 0. The van der Waals surface area contributed by atoms with Crippen LogP contribution in [0.3, 0.4) is 0 Å². The van der Waals surface area contributed by atoms with Crippen molar-refractivity contribution in [3.05, 3.63) is 72.3 Å². The highest BCUT2D eigenvalue weighted by Gasteiger charge is 2.59. The van der Waals surface area contributed by atoms with Gasteiger partial charge in [0, 0.05) is 11.6 Å². The molecule has 2 aromatic carbocycles. The quantitative estimate of drug-likeness (QED) is 0.458. The summed E-state index contributed by atoms with van der Waals surface area (Å²) >= 11 is 0. The third-order valence-electron chi connectivity index (χ3n) is 6.01. The number of carbonyl (C=O) groups is 3. The van der Waals surface area contributed by atoms with E-state index in [1.54, 1.807) is 48.5 Å². The Kier molecular flexibility index (Phi) is 3.90. The molecule has 2 aliphatic carbocycles. The van der Waals surface area contributed by atoms with Gasteiger partial charge < -0.3 is 4.74 Å². The third-order valence-corrected chi connectivity index (χ3v) is 6.01. The van der Waals surface area contributed by atoms with Gasteiger partial charge in [0.25, 0.3) is 0 Å². The minimum Gasteiger partial charge on any atom is -0.485 e. The number of allylic oxidation sites excluding steroid dienone is 2. The minimum absolute atomic E-state index is 0.103. The van der Waals surface area contributed by atoms with Crippen molar-refractivity contribution >= 4 is 23.3 Å². The SMILES string of the molecule is O=C(COc1cccc(N2C(=O)[C@H]3[C@H](C2=O)[C@H]2C=C[C@H]3C2)c1)c1ccccc1. The highest BCUT2D eigenvalue weighted by Crippen LogP contribution is 2.53. The third kappa shape index (κ3) is 2.58. The number of imide groups is 1. The van der Waals surface area contributed by atoms with Crippen LogP contribution in [0.25, 0.3) is 0 Å². The Labute approximate surface area is 162 Å². The van der Waals surface area contributed by atoms with E-state index in [9.17, 15) is 14.4 Å². The van der Waals surface area contributed by atoms with Crippen molar-refractivity contribution in [3.63, 3.8) is 0 Å². The lowest BCUT2D eigenvalue weighted by Crippen LogP contribution is -2.32. The first-order valence-corrected chi connectivity index (χ1v) is 9.51. The largest absolute Gasteiger partial charge is 0.485 e. The van der Waals surface area contributed by atoms with Crippen molar-refractivity contribution in [2.75, 3.05) is 11.5 Å². The first-order chi connectivity index (χ1) is 13.6. The summed E-state index contributed by atoms with van der Waals surface area (Å²) in [6.07, 6.45) is 5.07. The molecule has 1 aliphatic heterocycles. The number of carbonyl (C=O) groups excluding carboxylic acids is 3. The number of Topliss-reactive ketones (excluding diaryl/α,β-unsaturated/α-hetero) is 1. The van der Waals surface area contributed by atoms with Gasteiger partial charge in [-0.15, -0.1) is 0 Å². The van der Waals surface area contributed by atoms with Crippen molar-refractivity contribution in [2.24, 2.45) is 23.7 Å². The Bertz CT molecular complexity index is 967. The predicted octanol–water partition coefficient (Wildman–Crippen LogP) is 3.26. The van der Waals surface area contributed by atoms with E-state index in [-0.39, 0.29) is 47.9 Å². The maximum Gasteiger partial charge on any atom is 0.238 e. The number of ether oxygens (including phenoxy) is 1. The maximum absolute atomic E-state index is 12.9. The molecule has 4 atom stereocenters. The fourth-order valence-corrected chi connectivity index (χ4v) is 4.73. The normalized spacial score (nSPS) is 27.4. The van der Waals surface area contributed by atoms with Crippen LogP contribution >= 0.6 is 0 Å². The Morgan fingerprint density at radius 3 is 2.29 bits per heavy atom. The molecule has 1 heterocycles. The van der Waals surface area contributed by atoms with Gasteiger partial charge in [-0.3, -0.25) is 14.4 Å². The van der Waals surface area contributed by atoms with Crippen molar-refractivity contribution < 1.29 is 19.1 Å². The lowest BCUT2D eigenvalue weighted by molar-refractivity contribution is -0.123. The van der Waals surface area contributed by atoms with Gasteiger partial charge in [-0.2, -0.15) is 0 Å². The zero-order valence-electron chi connectivity index (χ0n) is 15.2. The second-order valence-electron chi connectivity index (χ2n) is 7.59. The van der Waals surface area contributed by atoms with Gasteiger partial charge in [0.2, 0.25) is 11.8 Å². The van der Waals surface area contributed by atoms with Gasteiger partial charge >= 0.3 is 0 Å². The molecular formula is C23H19NO4. The van der Waals surface area contributed by atoms with Crippen LogP contribution in [0.2, 0.25) is 0 Å². The number of fused-ring (bicyclic) bond motifs is 5. The van der Waals surface area contributed by atoms with E-state index in [0.717, 1.165) is 6.42 Å². The van der Waals surface area contributed by atoms with E-state index in [1.165, 1.54) is 4.90 Å². The number of anilines is 1. The molecule has 0 radical (unpaired) electrons. The summed E-state index contributed by atoms with van der Waals surface area (Å²) in [7, 11) is 0. The molecule has 2 fully saturated rings. The number of benzene rings is 2. The molecule has 1 saturated carbocycles. The molecule has 28 heavy (non-hydrogen) atoms. The average molecular weight is 373 g/mol. The monoisotopic (exact) mass is 373 g/mol. The summed E-state index contributed by atoms with van der Waals surface area (Å²) < 4.78 is 5.63. The lowest BCUT2D eigenvalue weighted by atomic mass is 9.85. The first-order valence-electron chi connectivity index (χ1n) is 9.51. The van der Waals surface area contributed by atoms with Crippen molar-refractivity contribution in [2.45, 2.75) is 6.42 Å². The van der Waals surface area contributed by atoms with Gasteiger partial charge in [0.15, 0.2) is 12.4 Å². The number of amides is 2. The van der Waals surface area contributed by atoms with Crippen molar-refractivity contribution in [1.29, 1.82) is 0 Å². The van der Waals surface area contributed by atoms with E-state index in [4.69, 9.17) is 4.74 Å². The van der Waals surface area contributed by atoms with Gasteiger partial charge in [-0.05, 0) is 30.4 Å². The molecule has 2 aromatic rings. The topological polar surface area (TPSA) is 63.7 Å². The predicted molar refractivity (Wildman–Crippen MR) is 103 cm³/mol. The fourth-order valence-electron chi connectivity index (χ4n) is 4.73. The summed E-state index contributed by atoms with van der Waals surface area (Å²) in [6.45, 7) is -0.103. The van der Waals surface area contributed by atoms with Crippen LogP contribution in [0, 0.1) is 23.7 Å². The smallest absolute Gasteiger partial charge is 0.238 e. The lowest BCUT2D eigenvalue weighted by Gasteiger charge is -2.18. The fraction of sp³-hybridized carbons (Fsp3) is 0.261. The van der Waals surface area contributed by atoms with E-state index in [0.29, 0.717) is 17.0 Å². The van der Waals surface area contributed by atoms with Crippen LogP contribution in [0.4, 0.5) is 5.69 Å². The molecule has 0 aromatic heterocycles. The van der Waals surface area contributed by atoms with Crippen molar-refractivity contribution in [3.8, 4) is 5.75 Å². The molecule has 3 aliphatic rings. The molecule has 2 amide bonds. The number of nitrogens with zero attached hydrogens (tertiary/aromatic N) is 1. The number of rotatable bonds is 5. The van der Waals surface area contributed by atoms with E-state index in [1.807, 2.05) is 6.07 Å². The maximum atomic E-state index is 12.9. The highest BCUT2D eigenvalue weighted by molar-refractivity contribution is 6.22. The molecule has 5 nitrogen and oxygen atoms in total. The summed E-state index contributed by atoms with van der Waals surface area (Å²) in [5.41, 5.74) is 1.09. The van der Waals surface area contributed by atoms with Gasteiger partial charge in [-0.1, -0.05) is 48.6 Å². The Morgan fingerprint density at radius 1 is 0.929 bits per heavy atom. The molecule has 140 valence electrons. The second kappa shape index (κ2) is 6.44. The summed E-state index contributed by atoms with van der Waals surface area (Å²) in [4.78, 5) is 39.4. The van der Waals surface area contributed by atoms with Crippen molar-refractivity contribution in [1.82, 2.24) is 0 Å². The summed E-state index contributed by atoms with van der Waals surface area (Å²) in [6, 6.07) is 15.8. The molecule has 5 rings (SSSR count). The molecule has 0 N–H and O–H groups in total. The first kappa shape index (κ1) is 16.9. The minimum atomic E-state index is -0.230. The molecule has 0 spiro atoms. The number of hydrogen-bond donors (Lipinski definition) is 0. The van der Waals surface area contributed by atoms with Crippen LogP contribution < -0.4 is 9.64 Å². The van der Waals surface area contributed by atoms with Gasteiger partial charge in [-0.25, -0.2) is 4.90 Å². The van der Waals surface area contributed by atoms with Crippen LogP contribution in [0.1, 0.15) is 16.8 Å². The Morgan fingerprint density at radius 2 is 1.61 bits per heavy atom. The standard InChI is InChI=1S/C23H19NO4/c25-19(14-5-2-1-3-6-14)13-28-18-8-4-7-17(12-18)24-22(26)20-15-9-10-16(11-15)21(20)23(24)27/h1-10,12,15-16,20-21H,11,13H2/t15-,16-,20+,21+/m0/s1. The molecule has 1 saturated heterocycles. The van der Waals surface area contributed by atoms with Gasteiger partial charge in [0.05, 0.1) is 17.5 Å². The van der Waals surface area contributed by atoms with Crippen LogP contribution in [-0.2, 0) is 9.59 Å². The van der Waals surface area contributed by atoms with Crippen LogP contribution in [0.15, 0.2) is 66.7 Å². The molecule has 2 bridgehead atoms. The Hall–Kier alpha value is -3.21. The van der Waals surface area contributed by atoms with Crippen LogP contribution in [0.5, 0.6) is 5.75 Å². The molecular weight excluding hydrogens is 354 g/mol. The zero-order chi connectivity index (χ0) is 19.3. The number of ketones is 1. The highest BCUT2D eigenvalue weighted by atomic mass is 16.5. The van der Waals surface area contributed by atoms with E-state index < -0.39 is 0 Å². The van der Waals surface area contributed by atoms with Crippen LogP contribution in [-0.4, -0.2) is 24.2 Å². The van der Waals surface area contributed by atoms with E-state index in [2.05, 4.69) is 12.2 Å². The zero-order valence-corrected chi connectivity index (χ0v) is 15.2. The molecule has 5 heteroatoms. The number of hydrogen-bond acceptors (Lipinski definition) is 4. The Balaban J connectivity index is 1.33. The van der Waals surface area contributed by atoms with E-state index >= 15 is 0 Å². The second-order valence-corrected chi connectivity index (χ2v) is 7.59. The average Bonchev–Trinajstić information content (AvgIpc) is 3.41. The summed E-state index contributed by atoms with van der Waals surface area (Å²) in [5.74, 6) is -0.0111. The van der Waals surface area contributed by atoms with Gasteiger partial charge in [0.1, 0.15) is 5.75 Å². The molecule has 0 unspecified atom stereocenters.